The van der Waals surface area contributed by atoms with Crippen molar-refractivity contribution in [3.8, 4) is 0 Å². The fourth-order valence-corrected chi connectivity index (χ4v) is 1.16. The third-order valence-electron chi connectivity index (χ3n) is 1.31. The largest absolute Gasteiger partial charge is 0.366 e. The molecule has 74 valence electrons. The molecule has 0 unspecified atom stereocenters. The maximum Gasteiger partial charge on any atom is 0.240 e. The molecule has 0 aliphatic carbocycles. The maximum absolute atomic E-state index is 5.38. The zero-order valence-electron chi connectivity index (χ0n) is 7.70. The van der Waals surface area contributed by atoms with E-state index in [0.29, 0.717) is 24.0 Å². The lowest BCUT2D eigenvalue weighted by Crippen LogP contribution is -2.09. The monoisotopic (exact) mass is 248 g/mol. The SMILES string of the molecule is CC(C)COCn1nc(N)nc1Br. The second kappa shape index (κ2) is 4.57. The van der Waals surface area contributed by atoms with E-state index >= 15 is 0 Å². The summed E-state index contributed by atoms with van der Waals surface area (Å²) in [6.07, 6.45) is 0. The summed E-state index contributed by atoms with van der Waals surface area (Å²) in [7, 11) is 0. The Kier molecular flexibility index (Phi) is 3.68. The van der Waals surface area contributed by atoms with Crippen LogP contribution in [0.2, 0.25) is 0 Å². The molecule has 13 heavy (non-hydrogen) atoms. The van der Waals surface area contributed by atoms with Gasteiger partial charge < -0.3 is 10.5 Å². The molecule has 1 rings (SSSR count). The number of nitrogens with two attached hydrogens (primary N) is 1. The number of anilines is 1. The molecule has 1 heterocycles. The quantitative estimate of drug-likeness (QED) is 0.872. The number of hydrogen-bond donors (Lipinski definition) is 1. The van der Waals surface area contributed by atoms with Crippen LogP contribution in [0.1, 0.15) is 13.8 Å². The highest BCUT2D eigenvalue weighted by Gasteiger charge is 2.03. The molecule has 0 bridgehead atoms. The van der Waals surface area contributed by atoms with Crippen LogP contribution in [0.5, 0.6) is 0 Å². The van der Waals surface area contributed by atoms with Crippen molar-refractivity contribution < 1.29 is 4.74 Å². The van der Waals surface area contributed by atoms with Gasteiger partial charge in [0.05, 0.1) is 6.61 Å². The Morgan fingerprint density at radius 3 is 2.77 bits per heavy atom. The van der Waals surface area contributed by atoms with E-state index in [1.807, 2.05) is 0 Å². The van der Waals surface area contributed by atoms with Crippen molar-refractivity contribution in [3.05, 3.63) is 4.73 Å². The molecule has 5 nitrogen and oxygen atoms in total. The molecule has 0 amide bonds. The Bertz CT molecular complexity index is 273. The fraction of sp³-hybridized carbons (Fsp3) is 0.714. The first-order chi connectivity index (χ1) is 6.09. The van der Waals surface area contributed by atoms with Crippen molar-refractivity contribution in [1.29, 1.82) is 0 Å². The molecule has 0 atom stereocenters. The lowest BCUT2D eigenvalue weighted by atomic mass is 10.2. The number of rotatable bonds is 4. The summed E-state index contributed by atoms with van der Waals surface area (Å²) >= 11 is 3.21. The van der Waals surface area contributed by atoms with Crippen LogP contribution in [0.15, 0.2) is 4.73 Å². The molecule has 0 saturated heterocycles. The predicted octanol–water partition coefficient (Wildman–Crippen LogP) is 1.25. The number of nitrogen functional groups attached to an aromatic ring is 1. The van der Waals surface area contributed by atoms with Crippen molar-refractivity contribution in [2.24, 2.45) is 5.92 Å². The van der Waals surface area contributed by atoms with Gasteiger partial charge in [-0.3, -0.25) is 0 Å². The minimum absolute atomic E-state index is 0.250. The first-order valence-corrected chi connectivity index (χ1v) is 4.82. The minimum Gasteiger partial charge on any atom is -0.366 e. The molecule has 1 aromatic rings. The van der Waals surface area contributed by atoms with Crippen LogP contribution in [-0.4, -0.2) is 21.4 Å². The molecule has 0 spiro atoms. The van der Waals surface area contributed by atoms with Gasteiger partial charge in [-0.15, -0.1) is 5.10 Å². The summed E-state index contributed by atoms with van der Waals surface area (Å²) in [5.74, 6) is 0.764. The van der Waals surface area contributed by atoms with Gasteiger partial charge in [-0.1, -0.05) is 13.8 Å². The lowest BCUT2D eigenvalue weighted by Gasteiger charge is -2.06. The average molecular weight is 249 g/mol. The van der Waals surface area contributed by atoms with Gasteiger partial charge >= 0.3 is 0 Å². The minimum atomic E-state index is 0.250. The summed E-state index contributed by atoms with van der Waals surface area (Å²) in [4.78, 5) is 3.88. The second-order valence-corrected chi connectivity index (χ2v) is 3.84. The fourth-order valence-electron chi connectivity index (χ4n) is 0.797. The Balaban J connectivity index is 2.40. The highest BCUT2D eigenvalue weighted by Crippen LogP contribution is 2.07. The van der Waals surface area contributed by atoms with Crippen LogP contribution >= 0.6 is 15.9 Å². The number of ether oxygens (including phenoxy) is 1. The van der Waals surface area contributed by atoms with E-state index in [9.17, 15) is 0 Å². The zero-order chi connectivity index (χ0) is 9.84. The van der Waals surface area contributed by atoms with Gasteiger partial charge in [0.2, 0.25) is 5.95 Å². The zero-order valence-corrected chi connectivity index (χ0v) is 9.28. The summed E-state index contributed by atoms with van der Waals surface area (Å²) in [5.41, 5.74) is 5.38. The Morgan fingerprint density at radius 1 is 1.62 bits per heavy atom. The van der Waals surface area contributed by atoms with E-state index in [2.05, 4.69) is 39.9 Å². The van der Waals surface area contributed by atoms with E-state index < -0.39 is 0 Å². The van der Waals surface area contributed by atoms with Crippen LogP contribution < -0.4 is 5.73 Å². The predicted molar refractivity (Wildman–Crippen MR) is 52.9 cm³/mol. The lowest BCUT2D eigenvalue weighted by molar-refractivity contribution is 0.0490. The highest BCUT2D eigenvalue weighted by molar-refractivity contribution is 9.10. The molecule has 0 saturated carbocycles. The molecule has 1 aromatic heterocycles. The molecule has 0 aromatic carbocycles. The summed E-state index contributed by atoms with van der Waals surface area (Å²) < 4.78 is 7.51. The Labute approximate surface area is 85.4 Å². The Morgan fingerprint density at radius 2 is 2.31 bits per heavy atom. The van der Waals surface area contributed by atoms with Crippen molar-refractivity contribution in [3.63, 3.8) is 0 Å². The average Bonchev–Trinajstić information content (AvgIpc) is 2.29. The van der Waals surface area contributed by atoms with Gasteiger partial charge in [-0.2, -0.15) is 4.98 Å². The molecule has 2 N–H and O–H groups in total. The second-order valence-electron chi connectivity index (χ2n) is 3.13. The Hall–Kier alpha value is -0.620. The van der Waals surface area contributed by atoms with E-state index in [1.54, 1.807) is 4.68 Å². The smallest absolute Gasteiger partial charge is 0.240 e. The topological polar surface area (TPSA) is 66.0 Å². The molecule has 6 heteroatoms. The van der Waals surface area contributed by atoms with Gasteiger partial charge in [0.25, 0.3) is 0 Å². The maximum atomic E-state index is 5.38. The molecule has 0 fully saturated rings. The number of hydrogen-bond acceptors (Lipinski definition) is 4. The van der Waals surface area contributed by atoms with Crippen molar-refractivity contribution in [2.45, 2.75) is 20.6 Å². The summed E-state index contributed by atoms with van der Waals surface area (Å²) in [6, 6.07) is 0. The van der Waals surface area contributed by atoms with Crippen molar-refractivity contribution in [1.82, 2.24) is 14.8 Å². The number of nitrogens with zero attached hydrogens (tertiary/aromatic N) is 3. The summed E-state index contributed by atoms with van der Waals surface area (Å²) in [5, 5.41) is 3.92. The normalized spacial score (nSPS) is 11.1. The van der Waals surface area contributed by atoms with Crippen LogP contribution in [-0.2, 0) is 11.5 Å². The van der Waals surface area contributed by atoms with E-state index in [0.717, 1.165) is 0 Å². The van der Waals surface area contributed by atoms with Gasteiger partial charge in [0.1, 0.15) is 6.73 Å². The molecular formula is C7H13BrN4O. The van der Waals surface area contributed by atoms with Gasteiger partial charge in [-0.25, -0.2) is 4.68 Å². The molecule has 0 radical (unpaired) electrons. The molecular weight excluding hydrogens is 236 g/mol. The first kappa shape index (κ1) is 10.5. The standard InChI is InChI=1S/C7H13BrN4O/c1-5(2)3-13-4-12-6(8)10-7(9)11-12/h5H,3-4H2,1-2H3,(H2,9,11). The number of halogens is 1. The number of aromatic nitrogens is 3. The third-order valence-corrected chi connectivity index (χ3v) is 1.89. The molecule has 0 aliphatic heterocycles. The highest BCUT2D eigenvalue weighted by atomic mass is 79.9. The van der Waals surface area contributed by atoms with Crippen LogP contribution in [0.4, 0.5) is 5.95 Å². The van der Waals surface area contributed by atoms with E-state index in [1.165, 1.54) is 0 Å². The van der Waals surface area contributed by atoms with Crippen LogP contribution in [0.25, 0.3) is 0 Å². The summed E-state index contributed by atoms with van der Waals surface area (Å²) in [6.45, 7) is 5.25. The van der Waals surface area contributed by atoms with Crippen LogP contribution in [0, 0.1) is 5.92 Å². The van der Waals surface area contributed by atoms with Gasteiger partial charge in [0.15, 0.2) is 4.73 Å². The van der Waals surface area contributed by atoms with E-state index in [4.69, 9.17) is 10.5 Å². The van der Waals surface area contributed by atoms with E-state index in [-0.39, 0.29) is 5.95 Å². The van der Waals surface area contributed by atoms with Crippen LogP contribution in [0.3, 0.4) is 0 Å². The molecule has 0 aliphatic rings. The third kappa shape index (κ3) is 3.31. The first-order valence-electron chi connectivity index (χ1n) is 4.03. The van der Waals surface area contributed by atoms with Crippen molar-refractivity contribution in [2.75, 3.05) is 12.3 Å². The van der Waals surface area contributed by atoms with Gasteiger partial charge in [-0.05, 0) is 21.8 Å². The van der Waals surface area contributed by atoms with Crippen molar-refractivity contribution >= 4 is 21.9 Å². The van der Waals surface area contributed by atoms with Gasteiger partial charge in [0, 0.05) is 0 Å².